The topological polar surface area (TPSA) is 23.5 Å². The van der Waals surface area contributed by atoms with E-state index in [1.807, 2.05) is 0 Å². The van der Waals surface area contributed by atoms with Gasteiger partial charge in [0, 0.05) is 6.04 Å². The molecule has 2 fully saturated rings. The molecule has 0 aliphatic heterocycles. The van der Waals surface area contributed by atoms with Crippen LogP contribution in [0.4, 0.5) is 0 Å². The van der Waals surface area contributed by atoms with Gasteiger partial charge in [-0.1, -0.05) is 0 Å². The Kier molecular flexibility index (Phi) is 2.61. The van der Waals surface area contributed by atoms with Gasteiger partial charge in [-0.15, -0.1) is 0 Å². The predicted molar refractivity (Wildman–Crippen MR) is 53.5 cm³/mol. The van der Waals surface area contributed by atoms with E-state index in [0.29, 0.717) is 6.04 Å². The molecule has 2 aliphatic carbocycles. The van der Waals surface area contributed by atoms with Crippen LogP contribution in [-0.2, 0) is 0 Å². The minimum atomic E-state index is -0.0865. The molecule has 2 nitrogen and oxygen atoms in total. The van der Waals surface area contributed by atoms with Crippen molar-refractivity contribution in [1.82, 2.24) is 4.90 Å². The smallest absolute Gasteiger partial charge is 0.0695 e. The lowest BCUT2D eigenvalue weighted by atomic mass is 9.94. The number of fused-ring (bicyclic) bond motifs is 1. The standard InChI is InChI=1S/C11H21NO/c1-12(2)10-5-3-8-7-9(8)4-6-11(10)13/h8-11,13H,3-7H2,1-2H3/t8-,9+,10-,11+/m1/s1. The summed E-state index contributed by atoms with van der Waals surface area (Å²) >= 11 is 0. The Hall–Kier alpha value is -0.0800. The molecule has 1 N–H and O–H groups in total. The summed E-state index contributed by atoms with van der Waals surface area (Å²) in [5, 5.41) is 9.94. The molecule has 0 heterocycles. The van der Waals surface area contributed by atoms with E-state index >= 15 is 0 Å². The van der Waals surface area contributed by atoms with Gasteiger partial charge in [0.05, 0.1) is 6.10 Å². The van der Waals surface area contributed by atoms with Gasteiger partial charge >= 0.3 is 0 Å². The first kappa shape index (κ1) is 9.47. The molecule has 0 saturated heterocycles. The van der Waals surface area contributed by atoms with Gasteiger partial charge in [-0.05, 0) is 58.0 Å². The quantitative estimate of drug-likeness (QED) is 0.665. The molecule has 13 heavy (non-hydrogen) atoms. The fourth-order valence-corrected chi connectivity index (χ4v) is 2.77. The van der Waals surface area contributed by atoms with Crippen molar-refractivity contribution < 1.29 is 5.11 Å². The van der Waals surface area contributed by atoms with Crippen LogP contribution in [0.3, 0.4) is 0 Å². The Morgan fingerprint density at radius 1 is 1.00 bits per heavy atom. The number of hydrogen-bond donors (Lipinski definition) is 1. The molecule has 2 heteroatoms. The summed E-state index contributed by atoms with van der Waals surface area (Å²) < 4.78 is 0. The number of hydrogen-bond acceptors (Lipinski definition) is 2. The first-order chi connectivity index (χ1) is 6.18. The Labute approximate surface area is 80.9 Å². The molecule has 0 aromatic rings. The Morgan fingerprint density at radius 3 is 2.23 bits per heavy atom. The zero-order valence-electron chi connectivity index (χ0n) is 8.74. The maximum atomic E-state index is 9.94. The normalized spacial score (nSPS) is 45.2. The third-order valence-electron chi connectivity index (χ3n) is 3.84. The summed E-state index contributed by atoms with van der Waals surface area (Å²) in [6.07, 6.45) is 6.16. The van der Waals surface area contributed by atoms with Crippen molar-refractivity contribution >= 4 is 0 Å². The van der Waals surface area contributed by atoms with E-state index < -0.39 is 0 Å². The van der Waals surface area contributed by atoms with E-state index in [9.17, 15) is 5.11 Å². The van der Waals surface area contributed by atoms with Crippen molar-refractivity contribution in [2.45, 2.75) is 44.2 Å². The second kappa shape index (κ2) is 3.58. The summed E-state index contributed by atoms with van der Waals surface area (Å²) in [5.74, 6) is 1.98. The first-order valence-corrected chi connectivity index (χ1v) is 5.53. The van der Waals surface area contributed by atoms with Crippen LogP contribution in [-0.4, -0.2) is 36.2 Å². The van der Waals surface area contributed by atoms with E-state index in [0.717, 1.165) is 18.3 Å². The number of rotatable bonds is 1. The fourth-order valence-electron chi connectivity index (χ4n) is 2.77. The van der Waals surface area contributed by atoms with Crippen molar-refractivity contribution in [2.24, 2.45) is 11.8 Å². The van der Waals surface area contributed by atoms with Gasteiger partial charge in [-0.3, -0.25) is 0 Å². The molecule has 2 aliphatic rings. The van der Waals surface area contributed by atoms with Crippen LogP contribution in [0.5, 0.6) is 0 Å². The molecule has 0 aromatic carbocycles. The average molecular weight is 183 g/mol. The molecular formula is C11H21NO. The molecule has 76 valence electrons. The molecule has 0 unspecified atom stereocenters. The van der Waals surface area contributed by atoms with Crippen molar-refractivity contribution in [1.29, 1.82) is 0 Å². The number of aliphatic hydroxyl groups excluding tert-OH is 1. The monoisotopic (exact) mass is 183 g/mol. The Morgan fingerprint density at radius 2 is 1.62 bits per heavy atom. The summed E-state index contributed by atoms with van der Waals surface area (Å²) in [6.45, 7) is 0. The molecular weight excluding hydrogens is 162 g/mol. The minimum absolute atomic E-state index is 0.0865. The van der Waals surface area contributed by atoms with Gasteiger partial charge in [-0.2, -0.15) is 0 Å². The number of aliphatic hydroxyl groups is 1. The van der Waals surface area contributed by atoms with E-state index in [2.05, 4.69) is 19.0 Å². The van der Waals surface area contributed by atoms with E-state index in [1.165, 1.54) is 25.7 Å². The molecule has 0 amide bonds. The van der Waals surface area contributed by atoms with Crippen LogP contribution in [0, 0.1) is 11.8 Å². The zero-order valence-corrected chi connectivity index (χ0v) is 8.74. The summed E-state index contributed by atoms with van der Waals surface area (Å²) in [6, 6.07) is 0.404. The van der Waals surface area contributed by atoms with Crippen LogP contribution < -0.4 is 0 Å². The summed E-state index contributed by atoms with van der Waals surface area (Å²) in [5.41, 5.74) is 0. The van der Waals surface area contributed by atoms with Gasteiger partial charge in [0.25, 0.3) is 0 Å². The van der Waals surface area contributed by atoms with Gasteiger partial charge in [0.15, 0.2) is 0 Å². The van der Waals surface area contributed by atoms with Crippen molar-refractivity contribution in [3.8, 4) is 0 Å². The average Bonchev–Trinajstić information content (AvgIpc) is 2.76. The predicted octanol–water partition coefficient (Wildman–Crippen LogP) is 1.49. The molecule has 4 atom stereocenters. The molecule has 0 bridgehead atoms. The second-order valence-electron chi connectivity index (χ2n) is 5.01. The maximum Gasteiger partial charge on any atom is 0.0695 e. The fraction of sp³-hybridized carbons (Fsp3) is 1.00. The van der Waals surface area contributed by atoms with Crippen molar-refractivity contribution in [3.05, 3.63) is 0 Å². The molecule has 2 saturated carbocycles. The van der Waals surface area contributed by atoms with Crippen molar-refractivity contribution in [2.75, 3.05) is 14.1 Å². The van der Waals surface area contributed by atoms with Gasteiger partial charge in [0.2, 0.25) is 0 Å². The zero-order chi connectivity index (χ0) is 9.42. The second-order valence-corrected chi connectivity index (χ2v) is 5.01. The summed E-state index contributed by atoms with van der Waals surface area (Å²) in [7, 11) is 4.17. The Bertz CT molecular complexity index is 181. The highest BCUT2D eigenvalue weighted by molar-refractivity contribution is 4.91. The van der Waals surface area contributed by atoms with Gasteiger partial charge in [0.1, 0.15) is 0 Å². The lowest BCUT2D eigenvalue weighted by Gasteiger charge is -2.30. The highest BCUT2D eigenvalue weighted by Gasteiger charge is 2.39. The van der Waals surface area contributed by atoms with E-state index in [4.69, 9.17) is 0 Å². The highest BCUT2D eigenvalue weighted by atomic mass is 16.3. The first-order valence-electron chi connectivity index (χ1n) is 5.53. The molecule has 2 rings (SSSR count). The number of likely N-dealkylation sites (N-methyl/N-ethyl adjacent to an activating group) is 1. The highest BCUT2D eigenvalue weighted by Crippen LogP contribution is 2.47. The van der Waals surface area contributed by atoms with E-state index in [-0.39, 0.29) is 6.10 Å². The molecule has 0 aromatic heterocycles. The van der Waals surface area contributed by atoms with E-state index in [1.54, 1.807) is 0 Å². The third-order valence-corrected chi connectivity index (χ3v) is 3.84. The van der Waals surface area contributed by atoms with Crippen LogP contribution in [0.25, 0.3) is 0 Å². The lowest BCUT2D eigenvalue weighted by Crippen LogP contribution is -2.39. The van der Waals surface area contributed by atoms with Gasteiger partial charge < -0.3 is 10.0 Å². The molecule has 0 radical (unpaired) electrons. The van der Waals surface area contributed by atoms with Crippen LogP contribution >= 0.6 is 0 Å². The largest absolute Gasteiger partial charge is 0.391 e. The lowest BCUT2D eigenvalue weighted by molar-refractivity contribution is 0.0548. The van der Waals surface area contributed by atoms with Crippen LogP contribution in [0.2, 0.25) is 0 Å². The third kappa shape index (κ3) is 2.05. The van der Waals surface area contributed by atoms with Gasteiger partial charge in [-0.25, -0.2) is 0 Å². The SMILES string of the molecule is CN(C)[C@@H]1CC[C@@H]2C[C@@H]2CC[C@@H]1O. The summed E-state index contributed by atoms with van der Waals surface area (Å²) in [4.78, 5) is 2.19. The van der Waals surface area contributed by atoms with Crippen LogP contribution in [0.15, 0.2) is 0 Å². The maximum absolute atomic E-state index is 9.94. The minimum Gasteiger partial charge on any atom is -0.391 e. The number of nitrogens with zero attached hydrogens (tertiary/aromatic N) is 1. The molecule has 0 spiro atoms. The van der Waals surface area contributed by atoms with Crippen molar-refractivity contribution in [3.63, 3.8) is 0 Å². The Balaban J connectivity index is 1.93. The van der Waals surface area contributed by atoms with Crippen LogP contribution in [0.1, 0.15) is 32.1 Å².